The molecule has 1 amide bonds. The van der Waals surface area contributed by atoms with E-state index in [0.717, 1.165) is 4.68 Å². The van der Waals surface area contributed by atoms with Gasteiger partial charge in [0, 0.05) is 25.1 Å². The number of ether oxygens (including phenoxy) is 2. The van der Waals surface area contributed by atoms with Crippen LogP contribution in [0.15, 0.2) is 18.2 Å². The van der Waals surface area contributed by atoms with Gasteiger partial charge in [0.1, 0.15) is 12.6 Å². The smallest absolute Gasteiger partial charge is 0.435 e. The molecule has 2 aliphatic rings. The molecule has 0 saturated heterocycles. The number of amides is 1. The van der Waals surface area contributed by atoms with Crippen LogP contribution in [0.25, 0.3) is 5.69 Å². The molecule has 2 aliphatic carbocycles. The number of alkyl halides is 3. The van der Waals surface area contributed by atoms with Crippen LogP contribution < -0.4 is 23.5 Å². The Morgan fingerprint density at radius 1 is 1.13 bits per heavy atom. The number of halogens is 4. The number of Topliss-reactive ketones (excluding diaryl/α,β-unsaturated/α-hetero) is 1. The van der Waals surface area contributed by atoms with Gasteiger partial charge in [-0.15, -0.1) is 0 Å². The summed E-state index contributed by atoms with van der Waals surface area (Å²) in [7, 11) is 5.79. The van der Waals surface area contributed by atoms with Crippen molar-refractivity contribution in [1.29, 1.82) is 0 Å². The predicted octanol–water partition coefficient (Wildman–Crippen LogP) is 1.44. The van der Waals surface area contributed by atoms with Crippen LogP contribution >= 0.6 is 0 Å². The molecule has 0 bridgehead atoms. The quantitative estimate of drug-likeness (QED) is 0.283. The molecule has 15 heteroatoms. The van der Waals surface area contributed by atoms with E-state index in [1.54, 1.807) is 0 Å². The lowest BCUT2D eigenvalue weighted by Gasteiger charge is -2.31. The van der Waals surface area contributed by atoms with Crippen LogP contribution in [0, 0.1) is 5.41 Å². The summed E-state index contributed by atoms with van der Waals surface area (Å²) in [5.41, 5.74) is 4.35. The summed E-state index contributed by atoms with van der Waals surface area (Å²) < 4.78 is 54.6. The molecule has 11 nitrogen and oxygen atoms in total. The van der Waals surface area contributed by atoms with Crippen molar-refractivity contribution in [2.75, 3.05) is 33.0 Å². The van der Waals surface area contributed by atoms with Crippen molar-refractivity contribution in [2.24, 2.45) is 11.1 Å². The summed E-state index contributed by atoms with van der Waals surface area (Å²) in [6, 6.07) is 4.27. The number of nitrogens with one attached hydrogen (secondary N) is 1. The molecule has 1 atom stereocenters. The standard InChI is InChI=1S/C32H42F3N5O6.ClH/c1-18(41)45-22(17-40(4,5)6)14-27(43)46-21-10-7-19(8-11-21)37-24-13-20(9-12-23(24)30(36)44)39-25-15-31(2,3)16-26(42)28(25)29(38-39)32(33,34)35;/h9,12-13,19,21-22H,7-8,10-11,14-17H2,1-6H3,(H2-,36,37,44);1H/t19-,21-,22?;. The summed E-state index contributed by atoms with van der Waals surface area (Å²) in [5.74, 6) is -2.25. The van der Waals surface area contributed by atoms with Gasteiger partial charge >= 0.3 is 18.1 Å². The minimum atomic E-state index is -4.82. The molecule has 3 N–H and O–H groups in total. The van der Waals surface area contributed by atoms with Gasteiger partial charge in [-0.2, -0.15) is 18.3 Å². The van der Waals surface area contributed by atoms with Crippen LogP contribution in [0.1, 0.15) is 91.4 Å². The molecule has 1 unspecified atom stereocenters. The number of benzene rings is 1. The summed E-state index contributed by atoms with van der Waals surface area (Å²) in [6.45, 7) is 5.38. The van der Waals surface area contributed by atoms with E-state index < -0.39 is 52.6 Å². The lowest BCUT2D eigenvalue weighted by Crippen LogP contribution is -3.00. The second-order valence-electron chi connectivity index (χ2n) is 14.1. The maximum absolute atomic E-state index is 14.0. The first-order valence-electron chi connectivity index (χ1n) is 15.3. The number of rotatable bonds is 10. The molecule has 1 aromatic carbocycles. The van der Waals surface area contributed by atoms with Gasteiger partial charge in [-0.3, -0.25) is 19.2 Å². The number of carbonyl (C=O) groups is 4. The topological polar surface area (TPSA) is 143 Å². The van der Waals surface area contributed by atoms with Crippen LogP contribution in [0.5, 0.6) is 0 Å². The number of quaternary nitrogens is 1. The van der Waals surface area contributed by atoms with Crippen LogP contribution in [-0.2, 0) is 31.7 Å². The Balaban J connectivity index is 0.00000600. The van der Waals surface area contributed by atoms with Crippen molar-refractivity contribution in [3.8, 4) is 5.69 Å². The van der Waals surface area contributed by atoms with Gasteiger partial charge in [-0.1, -0.05) is 13.8 Å². The van der Waals surface area contributed by atoms with Gasteiger partial charge in [-0.25, -0.2) is 4.68 Å². The van der Waals surface area contributed by atoms with E-state index in [0.29, 0.717) is 42.4 Å². The molecular formula is C32H43ClF3N5O6. The number of carbonyl (C=O) groups excluding carboxylic acids is 4. The highest BCUT2D eigenvalue weighted by atomic mass is 35.5. The molecule has 260 valence electrons. The number of fused-ring (bicyclic) bond motifs is 1. The highest BCUT2D eigenvalue weighted by Gasteiger charge is 2.45. The van der Waals surface area contributed by atoms with Crippen LogP contribution in [0.2, 0.25) is 0 Å². The fourth-order valence-electron chi connectivity index (χ4n) is 6.31. The molecule has 2 aromatic rings. The highest BCUT2D eigenvalue weighted by Crippen LogP contribution is 2.42. The summed E-state index contributed by atoms with van der Waals surface area (Å²) in [4.78, 5) is 49.4. The van der Waals surface area contributed by atoms with Crippen molar-refractivity contribution in [2.45, 2.75) is 90.1 Å². The maximum Gasteiger partial charge on any atom is 0.435 e. The number of esters is 2. The number of primary amides is 1. The minimum absolute atomic E-state index is 0. The van der Waals surface area contributed by atoms with Crippen LogP contribution in [-0.4, -0.2) is 83.8 Å². The summed E-state index contributed by atoms with van der Waals surface area (Å²) in [5, 5.41) is 7.16. The van der Waals surface area contributed by atoms with Gasteiger partial charge in [0.05, 0.1) is 50.1 Å². The van der Waals surface area contributed by atoms with E-state index in [-0.39, 0.29) is 60.8 Å². The zero-order valence-corrected chi connectivity index (χ0v) is 28.3. The Bertz CT molecular complexity index is 1510. The largest absolute Gasteiger partial charge is 1.00 e. The Kier molecular flexibility index (Phi) is 11.4. The maximum atomic E-state index is 14.0. The average molecular weight is 686 g/mol. The van der Waals surface area contributed by atoms with Crippen molar-refractivity contribution in [3.05, 3.63) is 40.7 Å². The third-order valence-corrected chi connectivity index (χ3v) is 8.14. The normalized spacial score (nSPS) is 20.0. The van der Waals surface area contributed by atoms with Gasteiger partial charge in [0.25, 0.3) is 5.91 Å². The molecular weight excluding hydrogens is 643 g/mol. The first-order chi connectivity index (χ1) is 21.2. The number of nitrogens with zero attached hydrogens (tertiary/aromatic N) is 3. The number of ketones is 1. The number of likely N-dealkylation sites (N-methyl/N-ethyl adjacent to an activating group) is 1. The third kappa shape index (κ3) is 9.69. The van der Waals surface area contributed by atoms with E-state index in [4.69, 9.17) is 15.2 Å². The van der Waals surface area contributed by atoms with Crippen LogP contribution in [0.4, 0.5) is 18.9 Å². The fourth-order valence-corrected chi connectivity index (χ4v) is 6.31. The molecule has 1 aromatic heterocycles. The minimum Gasteiger partial charge on any atom is -1.00 e. The van der Waals surface area contributed by atoms with Crippen molar-refractivity contribution in [1.82, 2.24) is 9.78 Å². The molecule has 1 saturated carbocycles. The van der Waals surface area contributed by atoms with Gasteiger partial charge < -0.3 is 37.4 Å². The molecule has 0 aliphatic heterocycles. The lowest BCUT2D eigenvalue weighted by atomic mass is 9.75. The second-order valence-corrected chi connectivity index (χ2v) is 14.1. The van der Waals surface area contributed by atoms with E-state index in [9.17, 15) is 32.3 Å². The zero-order valence-electron chi connectivity index (χ0n) is 27.5. The average Bonchev–Trinajstić information content (AvgIpc) is 3.27. The Hall–Kier alpha value is -3.65. The SMILES string of the molecule is CC(=O)OC(CC(=O)O[C@H]1CC[C@H](Nc2cc(-n3nc(C(F)(F)F)c4c3CC(C)(C)CC4=O)ccc2C(N)=O)CC1)C[N+](C)(C)C.[Cl-]. The van der Waals surface area contributed by atoms with E-state index in [2.05, 4.69) is 10.4 Å². The summed E-state index contributed by atoms with van der Waals surface area (Å²) >= 11 is 0. The molecule has 1 fully saturated rings. The Morgan fingerprint density at radius 3 is 2.32 bits per heavy atom. The first-order valence-corrected chi connectivity index (χ1v) is 15.3. The number of hydrogen-bond donors (Lipinski definition) is 2. The van der Waals surface area contributed by atoms with Crippen molar-refractivity contribution < 1.29 is 58.7 Å². The molecule has 47 heavy (non-hydrogen) atoms. The van der Waals surface area contributed by atoms with Crippen LogP contribution in [0.3, 0.4) is 0 Å². The van der Waals surface area contributed by atoms with E-state index >= 15 is 0 Å². The van der Waals surface area contributed by atoms with E-state index in [1.807, 2.05) is 35.0 Å². The van der Waals surface area contributed by atoms with Gasteiger partial charge in [0.15, 0.2) is 17.6 Å². The fraction of sp³-hybridized carbons (Fsp3) is 0.594. The third-order valence-electron chi connectivity index (χ3n) is 8.14. The second kappa shape index (κ2) is 14.2. The highest BCUT2D eigenvalue weighted by molar-refractivity contribution is 6.00. The molecule has 1 heterocycles. The Morgan fingerprint density at radius 2 is 1.77 bits per heavy atom. The first kappa shape index (κ1) is 37.8. The number of hydrogen-bond acceptors (Lipinski definition) is 8. The molecule has 0 radical (unpaired) electrons. The van der Waals surface area contributed by atoms with E-state index in [1.165, 1.54) is 25.1 Å². The van der Waals surface area contributed by atoms with Gasteiger partial charge in [0.2, 0.25) is 0 Å². The predicted molar refractivity (Wildman–Crippen MR) is 162 cm³/mol. The zero-order chi connectivity index (χ0) is 34.2. The van der Waals surface area contributed by atoms with Crippen molar-refractivity contribution in [3.63, 3.8) is 0 Å². The Labute approximate surface area is 278 Å². The summed E-state index contributed by atoms with van der Waals surface area (Å²) in [6.07, 6.45) is -3.45. The number of nitrogens with two attached hydrogens (primary N) is 1. The van der Waals surface area contributed by atoms with Crippen molar-refractivity contribution >= 4 is 29.3 Å². The number of anilines is 1. The van der Waals surface area contributed by atoms with Gasteiger partial charge in [-0.05, 0) is 55.7 Å². The monoisotopic (exact) mass is 685 g/mol. The molecule has 0 spiro atoms. The number of aromatic nitrogens is 2. The molecule has 4 rings (SSSR count). The lowest BCUT2D eigenvalue weighted by molar-refractivity contribution is -0.873.